The highest BCUT2D eigenvalue weighted by Gasteiger charge is 2.30. The number of nitrogens with two attached hydrogens (primary N) is 1. The predicted molar refractivity (Wildman–Crippen MR) is 336 cm³/mol. The summed E-state index contributed by atoms with van der Waals surface area (Å²) in [6.07, 6.45) is 7.94. The maximum absolute atomic E-state index is 14.8. The lowest BCUT2D eigenvalue weighted by Crippen LogP contribution is -2.42. The molecule has 5 N–H and O–H groups in total. The number of rotatable bonds is 22. The second kappa shape index (κ2) is 35.2. The molecule has 4 heterocycles. The molecule has 2 aliphatic heterocycles. The average molecular weight is 1340 g/mol. The quantitative estimate of drug-likeness (QED) is 0.0363. The second-order valence-corrected chi connectivity index (χ2v) is 20.7. The van der Waals surface area contributed by atoms with Gasteiger partial charge in [-0.2, -0.15) is 8.78 Å². The number of anilines is 1. The number of ketones is 1. The lowest BCUT2D eigenvalue weighted by molar-refractivity contribution is -0.139. The van der Waals surface area contributed by atoms with E-state index in [1.54, 1.807) is 46.4 Å². The smallest absolute Gasteiger partial charge is 0.407 e. The number of ether oxygens (including phenoxy) is 4. The minimum absolute atomic E-state index is 0. The molecule has 2 atom stereocenters. The van der Waals surface area contributed by atoms with Crippen LogP contribution < -0.4 is 37.0 Å². The molecular formula is C65H69F8N9O13. The lowest BCUT2D eigenvalue weighted by atomic mass is 10.0. The number of halogens is 8. The molecule has 0 radical (unpaired) electrons. The number of amides is 4. The molecule has 22 nitrogen and oxygen atoms in total. The first-order chi connectivity index (χ1) is 44.1. The highest BCUT2D eigenvalue weighted by atomic mass is 19.2. The van der Waals surface area contributed by atoms with Crippen LogP contribution in [-0.2, 0) is 61.0 Å². The van der Waals surface area contributed by atoms with Crippen molar-refractivity contribution in [3.8, 4) is 23.0 Å². The molecule has 0 unspecified atom stereocenters. The molecule has 4 amide bonds. The lowest BCUT2D eigenvalue weighted by Gasteiger charge is -2.16. The van der Waals surface area contributed by atoms with Gasteiger partial charge in [-0.1, -0.05) is 33.1 Å². The molecule has 0 saturated heterocycles. The van der Waals surface area contributed by atoms with E-state index in [2.05, 4.69) is 30.1 Å². The van der Waals surface area contributed by atoms with E-state index in [0.29, 0.717) is 35.5 Å². The van der Waals surface area contributed by atoms with Crippen LogP contribution in [0.2, 0.25) is 0 Å². The maximum Gasteiger partial charge on any atom is 0.407 e. The van der Waals surface area contributed by atoms with Crippen molar-refractivity contribution in [1.82, 2.24) is 29.6 Å². The highest BCUT2D eigenvalue weighted by molar-refractivity contribution is 5.96. The van der Waals surface area contributed by atoms with E-state index < -0.39 is 117 Å². The standard InChI is InChI=1S/C32H30F4N4O6.C20H13F4N3O2.C11H18N2O5.2CH4/c1-39(2)27(42)9-5-4-8-24(38-32(44)45-3)25(41)15-18-7-6-12-40(31(18)43)17-21-13-19-14-23(35)28(36)30(29(19)37-21)46-26-11-10-20(33)16-22(26)34;21-11-3-4-16(13(22)8-11)29-19-17(24)14(23)7-10-6-12(26-18(10)19)9-27-5-1-2-15(25)20(27)28;1-13(2)9(14)7-5-4-6-8(10(15)16)12-11(17)18-3;;/h5-7,9-12,14,16,24H,4,8,13,15,17H2,1-3H3,(H,38,44);1-5,7-8H,6,9,25H2;5,7-8H,4,6H2,1-3H3,(H,12,17)(H,15,16);2*1H4/b9-5+;;7-5+;;/t24-;;8-;;/m0.0../s1. The predicted octanol–water partition coefficient (Wildman–Crippen LogP) is 10.4. The fourth-order valence-corrected chi connectivity index (χ4v) is 8.74. The number of nitrogens with zero attached hydrogens (tertiary/aromatic N) is 6. The zero-order valence-electron chi connectivity index (χ0n) is 50.5. The van der Waals surface area contributed by atoms with Crippen molar-refractivity contribution in [1.29, 1.82) is 0 Å². The number of nitrogen functional groups attached to an aromatic ring is 1. The van der Waals surface area contributed by atoms with Gasteiger partial charge >= 0.3 is 18.2 Å². The molecule has 30 heteroatoms. The molecule has 2 aliphatic rings. The van der Waals surface area contributed by atoms with Crippen LogP contribution in [0, 0.1) is 46.5 Å². The number of pyridine rings is 2. The summed E-state index contributed by atoms with van der Waals surface area (Å²) in [5, 5.41) is 13.5. The van der Waals surface area contributed by atoms with Gasteiger partial charge in [-0.15, -0.1) is 0 Å². The zero-order chi connectivity index (χ0) is 68.4. The summed E-state index contributed by atoms with van der Waals surface area (Å²) in [5.41, 5.74) is 5.98. The Bertz CT molecular complexity index is 4080. The molecule has 0 aliphatic carbocycles. The van der Waals surface area contributed by atoms with E-state index in [9.17, 15) is 73.5 Å². The third-order valence-corrected chi connectivity index (χ3v) is 13.5. The fraction of sp³-hybridized carbons (Fsp3) is 0.292. The Morgan fingerprint density at radius 1 is 0.611 bits per heavy atom. The van der Waals surface area contributed by atoms with Crippen LogP contribution in [0.25, 0.3) is 0 Å². The number of methoxy groups -OCH3 is 2. The van der Waals surface area contributed by atoms with Crippen molar-refractivity contribution in [2.75, 3.05) is 48.1 Å². The number of allylic oxidation sites excluding steroid dienone is 2. The highest BCUT2D eigenvalue weighted by Crippen LogP contribution is 2.44. The number of aromatic nitrogens is 2. The number of hydrogen-bond acceptors (Lipinski definition) is 15. The third-order valence-electron chi connectivity index (χ3n) is 13.5. The molecule has 0 spiro atoms. The van der Waals surface area contributed by atoms with Crippen molar-refractivity contribution >= 4 is 64.2 Å². The van der Waals surface area contributed by atoms with Crippen LogP contribution in [0.5, 0.6) is 23.0 Å². The number of likely N-dealkylation sites (N-methyl/N-ethyl adjacent to an activating group) is 2. The number of fused-ring (bicyclic) bond motifs is 2. The van der Waals surface area contributed by atoms with Crippen LogP contribution in [-0.4, -0.2) is 126 Å². The first-order valence-electron chi connectivity index (χ1n) is 27.8. The van der Waals surface area contributed by atoms with Crippen molar-refractivity contribution in [2.45, 2.75) is 85.0 Å². The van der Waals surface area contributed by atoms with E-state index >= 15 is 0 Å². The minimum atomic E-state index is -1.42. The van der Waals surface area contributed by atoms with Crippen molar-refractivity contribution in [3.63, 3.8) is 0 Å². The molecule has 6 aromatic rings. The summed E-state index contributed by atoms with van der Waals surface area (Å²) >= 11 is 0. The summed E-state index contributed by atoms with van der Waals surface area (Å²) in [5.74, 6) is -13.5. The third kappa shape index (κ3) is 21.0. The molecule has 2 aromatic heterocycles. The van der Waals surface area contributed by atoms with Crippen LogP contribution in [0.4, 0.5) is 61.8 Å². The van der Waals surface area contributed by atoms with E-state index in [1.807, 2.05) is 0 Å². The van der Waals surface area contributed by atoms with E-state index in [4.69, 9.17) is 20.3 Å². The average Bonchev–Trinajstić information content (AvgIpc) is 1.67. The number of carbonyl (C=O) groups is 6. The molecular weight excluding hydrogens is 1270 g/mol. The number of nitrogens with one attached hydrogen (secondary N) is 2. The van der Waals surface area contributed by atoms with Gasteiger partial charge in [0, 0.05) is 89.0 Å². The van der Waals surface area contributed by atoms with E-state index in [1.165, 1.54) is 61.7 Å². The number of hydrogen-bond donors (Lipinski definition) is 4. The molecule has 4 aromatic carbocycles. The summed E-state index contributed by atoms with van der Waals surface area (Å²) in [6, 6.07) is 10.7. The number of carboxylic acid groups (broad SMARTS) is 1. The molecule has 508 valence electrons. The Kier molecular flexibility index (Phi) is 28.3. The number of benzene rings is 4. The first-order valence-corrected chi connectivity index (χ1v) is 27.8. The zero-order valence-corrected chi connectivity index (χ0v) is 50.5. The van der Waals surface area contributed by atoms with E-state index in [-0.39, 0.29) is 106 Å². The topological polar surface area (TPSA) is 285 Å². The largest absolute Gasteiger partial charge is 0.480 e. The molecule has 8 rings (SSSR count). The van der Waals surface area contributed by atoms with Gasteiger partial charge in [-0.25, -0.2) is 40.7 Å². The molecule has 0 bridgehead atoms. The Morgan fingerprint density at radius 2 is 1.03 bits per heavy atom. The SMILES string of the molecule is C.C.COC(=O)N[C@@H](CC/C=C/C(=O)N(C)C)C(=O)Cc1cccn(CC2=Nc3c(cc(F)c(F)c3Oc3ccc(F)cc3F)C2)c1=O.COC(=O)N[C@@H](CC/C=C/C(=O)N(C)C)C(=O)O.Nc1cccn(CC2=Nc3c(cc(F)c(F)c3Oc3ccc(F)cc3F)C2)c1=O. The normalized spacial score (nSPS) is 12.3. The summed E-state index contributed by atoms with van der Waals surface area (Å²) in [7, 11) is 8.71. The van der Waals surface area contributed by atoms with Crippen LogP contribution >= 0.6 is 0 Å². The van der Waals surface area contributed by atoms with Crippen LogP contribution in [0.15, 0.2) is 129 Å². The van der Waals surface area contributed by atoms with E-state index in [0.717, 1.165) is 50.6 Å². The van der Waals surface area contributed by atoms with Gasteiger partial charge in [0.2, 0.25) is 23.4 Å². The van der Waals surface area contributed by atoms with Crippen molar-refractivity contribution < 1.29 is 87.9 Å². The Morgan fingerprint density at radius 3 is 1.45 bits per heavy atom. The van der Waals surface area contributed by atoms with Gasteiger partial charge in [-0.3, -0.25) is 34.0 Å². The minimum Gasteiger partial charge on any atom is -0.480 e. The Hall–Kier alpha value is -10.9. The van der Waals surface area contributed by atoms with Crippen molar-refractivity contribution in [3.05, 3.63) is 193 Å². The number of aliphatic imine (C=N–C) groups is 2. The van der Waals surface area contributed by atoms with Crippen molar-refractivity contribution in [2.24, 2.45) is 9.98 Å². The molecule has 0 saturated carbocycles. The maximum atomic E-state index is 14.8. The summed E-state index contributed by atoms with van der Waals surface area (Å²) in [6.45, 7) is -0.0657. The van der Waals surface area contributed by atoms with Crippen LogP contribution in [0.3, 0.4) is 0 Å². The van der Waals surface area contributed by atoms with Gasteiger partial charge in [0.15, 0.2) is 52.1 Å². The summed E-state index contributed by atoms with van der Waals surface area (Å²) in [4.78, 5) is 106. The Balaban J connectivity index is 0.000000334. The van der Waals surface area contributed by atoms with Crippen LogP contribution in [0.1, 0.15) is 57.2 Å². The van der Waals surface area contributed by atoms with Gasteiger partial charge in [-0.05, 0) is 104 Å². The number of carbonyl (C=O) groups excluding carboxylic acids is 5. The van der Waals surface area contributed by atoms with Gasteiger partial charge in [0.25, 0.3) is 11.1 Å². The number of alkyl carbamates (subject to hydrolysis) is 2. The van der Waals surface area contributed by atoms with Gasteiger partial charge < -0.3 is 59.4 Å². The summed E-state index contributed by atoms with van der Waals surface area (Å²) < 4.78 is 134. The molecule has 0 fully saturated rings. The second-order valence-electron chi connectivity index (χ2n) is 20.7. The monoisotopic (exact) mass is 1340 g/mol. The number of carboxylic acids is 1. The first kappa shape index (κ1) is 76.5. The fourth-order valence-electron chi connectivity index (χ4n) is 8.74. The number of aliphatic carboxylic acids is 1. The van der Waals surface area contributed by atoms with Gasteiger partial charge in [0.05, 0.1) is 39.0 Å². The Labute approximate surface area is 539 Å². The van der Waals surface area contributed by atoms with Gasteiger partial charge in [0.1, 0.15) is 29.1 Å². The molecule has 95 heavy (non-hydrogen) atoms. The number of Topliss-reactive ketones (excluding diaryl/α,β-unsaturated/α-hetero) is 1.